The Kier molecular flexibility index (Phi) is 3.94. The zero-order chi connectivity index (χ0) is 14.8. The zero-order valence-corrected chi connectivity index (χ0v) is 12.3. The Morgan fingerprint density at radius 3 is 3.33 bits per heavy atom. The summed E-state index contributed by atoms with van der Waals surface area (Å²) in [5.74, 6) is 0. The van der Waals surface area contributed by atoms with E-state index in [1.807, 2.05) is 16.0 Å². The smallest absolute Gasteiger partial charge is 0.410 e. The number of thiazole rings is 1. The molecule has 2 aromatic heterocycles. The zero-order valence-electron chi connectivity index (χ0n) is 11.5. The minimum absolute atomic E-state index is 0.0851. The number of likely N-dealkylation sites (tertiary alicyclic amines) is 1. The van der Waals surface area contributed by atoms with E-state index in [2.05, 4.69) is 11.6 Å². The van der Waals surface area contributed by atoms with Crippen molar-refractivity contribution in [2.45, 2.75) is 25.0 Å². The lowest BCUT2D eigenvalue weighted by molar-refractivity contribution is 0.102. The minimum atomic E-state index is -0.507. The number of carbonyl (C=O) groups is 1. The van der Waals surface area contributed by atoms with Gasteiger partial charge in [0, 0.05) is 24.0 Å². The van der Waals surface area contributed by atoms with Crippen molar-refractivity contribution in [2.75, 3.05) is 13.2 Å². The molecule has 0 aromatic carbocycles. The molecular weight excluding hydrogens is 290 g/mol. The second-order valence-electron chi connectivity index (χ2n) is 5.07. The normalized spacial score (nSPS) is 21.9. The Hall–Kier alpha value is -1.86. The molecule has 1 aliphatic heterocycles. The van der Waals surface area contributed by atoms with Crippen LogP contribution in [0.1, 0.15) is 12.1 Å². The van der Waals surface area contributed by atoms with Gasteiger partial charge >= 0.3 is 6.09 Å². The summed E-state index contributed by atoms with van der Waals surface area (Å²) in [4.78, 5) is 19.1. The molecule has 6 nitrogen and oxygen atoms in total. The van der Waals surface area contributed by atoms with Crippen LogP contribution in [0.15, 0.2) is 30.6 Å². The van der Waals surface area contributed by atoms with Gasteiger partial charge in [-0.15, -0.1) is 11.3 Å². The fraction of sp³-hybridized carbons (Fsp3) is 0.429. The molecule has 1 N–H and O–H groups in total. The number of hydrogen-bond donors (Lipinski definition) is 1. The average Bonchev–Trinajstić information content (AvgIpc) is 3.14. The number of hydrogen-bond acceptors (Lipinski definition) is 5. The molecule has 0 saturated carbocycles. The molecule has 2 atom stereocenters. The number of amides is 1. The maximum Gasteiger partial charge on any atom is 0.410 e. The van der Waals surface area contributed by atoms with Crippen molar-refractivity contribution in [3.8, 4) is 0 Å². The second-order valence-corrected chi connectivity index (χ2v) is 5.97. The first kappa shape index (κ1) is 14.1. The lowest BCUT2D eigenvalue weighted by Gasteiger charge is -2.22. The van der Waals surface area contributed by atoms with Crippen molar-refractivity contribution in [3.63, 3.8) is 0 Å². The Balaban J connectivity index is 1.74. The van der Waals surface area contributed by atoms with Gasteiger partial charge in [0.05, 0.1) is 18.3 Å². The number of aliphatic hydroxyl groups is 1. The highest BCUT2D eigenvalue weighted by Crippen LogP contribution is 2.25. The van der Waals surface area contributed by atoms with E-state index in [1.54, 1.807) is 22.6 Å². The van der Waals surface area contributed by atoms with Crippen LogP contribution in [0, 0.1) is 0 Å². The van der Waals surface area contributed by atoms with Gasteiger partial charge in [-0.1, -0.05) is 12.7 Å². The number of β-amino-alcohol motifs (C(OH)–C–C–N with tert-alkyl or cyclic N) is 1. The molecule has 7 heteroatoms. The molecule has 1 saturated heterocycles. The monoisotopic (exact) mass is 307 g/mol. The van der Waals surface area contributed by atoms with E-state index in [1.165, 1.54) is 6.08 Å². The van der Waals surface area contributed by atoms with Crippen molar-refractivity contribution < 1.29 is 14.6 Å². The van der Waals surface area contributed by atoms with E-state index < -0.39 is 12.2 Å². The van der Waals surface area contributed by atoms with Gasteiger partial charge in [0.1, 0.15) is 17.8 Å². The van der Waals surface area contributed by atoms with Crippen LogP contribution in [0.2, 0.25) is 0 Å². The number of aliphatic hydroxyl groups excluding tert-OH is 1. The van der Waals surface area contributed by atoms with Gasteiger partial charge in [-0.25, -0.2) is 9.78 Å². The highest BCUT2D eigenvalue weighted by Gasteiger charge is 2.36. The molecule has 2 aromatic rings. The van der Waals surface area contributed by atoms with Crippen LogP contribution in [0.25, 0.3) is 4.83 Å². The van der Waals surface area contributed by atoms with E-state index >= 15 is 0 Å². The third-order valence-corrected chi connectivity index (χ3v) is 4.53. The predicted octanol–water partition coefficient (Wildman–Crippen LogP) is 1.70. The number of nitrogens with zero attached hydrogens (tertiary/aromatic N) is 3. The van der Waals surface area contributed by atoms with E-state index in [4.69, 9.17) is 4.74 Å². The number of aromatic nitrogens is 2. The summed E-state index contributed by atoms with van der Waals surface area (Å²) in [5.41, 5.74) is 0.950. The number of rotatable bonds is 4. The Bertz CT molecular complexity index is 651. The molecule has 0 radical (unpaired) electrons. The maximum absolute atomic E-state index is 12.0. The SMILES string of the molecule is C=CCOC(=O)N1C[C@H](O)C[C@H]1Cc1ncn2ccsc12. The molecule has 112 valence electrons. The Morgan fingerprint density at radius 2 is 2.52 bits per heavy atom. The number of fused-ring (bicyclic) bond motifs is 1. The van der Waals surface area contributed by atoms with Crippen LogP contribution in [0.3, 0.4) is 0 Å². The molecule has 0 bridgehead atoms. The van der Waals surface area contributed by atoms with Crippen molar-refractivity contribution in [2.24, 2.45) is 0 Å². The number of imidazole rings is 1. The first-order valence-corrected chi connectivity index (χ1v) is 7.68. The Morgan fingerprint density at radius 1 is 1.67 bits per heavy atom. The van der Waals surface area contributed by atoms with Gasteiger partial charge in [-0.05, 0) is 6.42 Å². The summed E-state index contributed by atoms with van der Waals surface area (Å²) in [6.45, 7) is 4.01. The van der Waals surface area contributed by atoms with Gasteiger partial charge < -0.3 is 14.7 Å². The standard InChI is InChI=1S/C14H17N3O3S/c1-2-4-20-14(19)17-8-11(18)6-10(17)7-12-13-16(9-15-12)3-5-21-13/h2-3,5,9-11,18H,1,4,6-8H2/t10-,11+/m0/s1. The lowest BCUT2D eigenvalue weighted by atomic mass is 10.1. The van der Waals surface area contributed by atoms with E-state index in [0.29, 0.717) is 19.4 Å². The summed E-state index contributed by atoms with van der Waals surface area (Å²) >= 11 is 1.62. The highest BCUT2D eigenvalue weighted by atomic mass is 32.1. The largest absolute Gasteiger partial charge is 0.445 e. The van der Waals surface area contributed by atoms with Crippen molar-refractivity contribution >= 4 is 22.3 Å². The van der Waals surface area contributed by atoms with Crippen molar-refractivity contribution in [1.29, 1.82) is 0 Å². The predicted molar refractivity (Wildman–Crippen MR) is 79.4 cm³/mol. The van der Waals surface area contributed by atoms with E-state index in [-0.39, 0.29) is 12.6 Å². The van der Waals surface area contributed by atoms with Crippen LogP contribution in [-0.2, 0) is 11.2 Å². The third kappa shape index (κ3) is 2.79. The summed E-state index contributed by atoms with van der Waals surface area (Å²) in [7, 11) is 0. The third-order valence-electron chi connectivity index (χ3n) is 3.60. The topological polar surface area (TPSA) is 67.1 Å². The number of ether oxygens (including phenoxy) is 1. The van der Waals surface area contributed by atoms with Crippen LogP contribution in [0.4, 0.5) is 4.79 Å². The molecule has 21 heavy (non-hydrogen) atoms. The molecule has 0 spiro atoms. The van der Waals surface area contributed by atoms with Gasteiger partial charge in [-0.3, -0.25) is 4.40 Å². The molecule has 1 aliphatic rings. The van der Waals surface area contributed by atoms with Gasteiger partial charge in [-0.2, -0.15) is 0 Å². The fourth-order valence-corrected chi connectivity index (χ4v) is 3.49. The summed E-state index contributed by atoms with van der Waals surface area (Å²) in [6, 6.07) is -0.0851. The second kappa shape index (κ2) is 5.87. The Labute approximate surface area is 126 Å². The quantitative estimate of drug-likeness (QED) is 0.873. The molecular formula is C14H17N3O3S. The van der Waals surface area contributed by atoms with Gasteiger partial charge in [0.15, 0.2) is 0 Å². The molecule has 3 heterocycles. The first-order valence-electron chi connectivity index (χ1n) is 6.80. The van der Waals surface area contributed by atoms with Crippen molar-refractivity contribution in [3.05, 3.63) is 36.3 Å². The lowest BCUT2D eigenvalue weighted by Crippen LogP contribution is -2.37. The van der Waals surface area contributed by atoms with Crippen LogP contribution in [0.5, 0.6) is 0 Å². The summed E-state index contributed by atoms with van der Waals surface area (Å²) in [6.07, 6.45) is 5.52. The molecule has 1 amide bonds. The minimum Gasteiger partial charge on any atom is -0.445 e. The van der Waals surface area contributed by atoms with Crippen molar-refractivity contribution in [1.82, 2.24) is 14.3 Å². The van der Waals surface area contributed by atoms with E-state index in [9.17, 15) is 9.90 Å². The molecule has 0 unspecified atom stereocenters. The molecule has 0 aliphatic carbocycles. The van der Waals surface area contributed by atoms with Gasteiger partial charge in [0.25, 0.3) is 0 Å². The van der Waals surface area contributed by atoms with Gasteiger partial charge in [0.2, 0.25) is 0 Å². The van der Waals surface area contributed by atoms with Crippen LogP contribution in [-0.4, -0.2) is 50.8 Å². The van der Waals surface area contributed by atoms with E-state index in [0.717, 1.165) is 10.5 Å². The summed E-state index contributed by atoms with van der Waals surface area (Å²) < 4.78 is 7.04. The molecule has 1 fully saturated rings. The van der Waals surface area contributed by atoms with Crippen LogP contribution >= 0.6 is 11.3 Å². The summed E-state index contributed by atoms with van der Waals surface area (Å²) in [5, 5.41) is 11.9. The molecule has 3 rings (SSSR count). The average molecular weight is 307 g/mol. The highest BCUT2D eigenvalue weighted by molar-refractivity contribution is 7.15. The number of carbonyl (C=O) groups excluding carboxylic acids is 1. The fourth-order valence-electron chi connectivity index (χ4n) is 2.67. The maximum atomic E-state index is 12.0. The first-order chi connectivity index (χ1) is 10.2. The van der Waals surface area contributed by atoms with Crippen LogP contribution < -0.4 is 0 Å².